The lowest BCUT2D eigenvalue weighted by Gasteiger charge is -2.10. The van der Waals surface area contributed by atoms with Gasteiger partial charge in [0.05, 0.1) is 0 Å². The first-order chi connectivity index (χ1) is 6.69. The largest absolute Gasteiger partial charge is 0.286 e. The van der Waals surface area contributed by atoms with Crippen molar-refractivity contribution < 1.29 is 9.59 Å². The lowest BCUT2D eigenvalue weighted by Crippen LogP contribution is -2.18. The Hall–Kier alpha value is -1.18. The highest BCUT2D eigenvalue weighted by Crippen LogP contribution is 2.19. The number of hydrogen-bond donors (Lipinski definition) is 0. The van der Waals surface area contributed by atoms with Gasteiger partial charge in [-0.25, -0.2) is 0 Å². The number of carbonyl (C=O) groups excluding carboxylic acids is 2. The van der Waals surface area contributed by atoms with Gasteiger partial charge in [-0.1, -0.05) is 32.8 Å². The van der Waals surface area contributed by atoms with Gasteiger partial charge in [0.15, 0.2) is 0 Å². The van der Waals surface area contributed by atoms with Crippen LogP contribution in [0.2, 0.25) is 0 Å². The Bertz CT molecular complexity index is 308. The van der Waals surface area contributed by atoms with E-state index in [0.717, 1.165) is 24.8 Å². The topological polar surface area (TPSA) is 34.1 Å². The predicted octanol–water partition coefficient (Wildman–Crippen LogP) is 2.59. The Morgan fingerprint density at radius 2 is 1.64 bits per heavy atom. The summed E-state index contributed by atoms with van der Waals surface area (Å²) in [6.07, 6.45) is 6.87. The van der Waals surface area contributed by atoms with E-state index < -0.39 is 0 Å². The van der Waals surface area contributed by atoms with Crippen LogP contribution in [-0.4, -0.2) is 11.6 Å². The Kier molecular flexibility index (Phi) is 3.81. The minimum absolute atomic E-state index is 0.313. The zero-order chi connectivity index (χ0) is 10.6. The number of allylic oxidation sites excluding steroid dienone is 4. The van der Waals surface area contributed by atoms with Crippen molar-refractivity contribution in [3.05, 3.63) is 23.3 Å². The summed E-state index contributed by atoms with van der Waals surface area (Å²) in [6.45, 7) is 4.07. The number of hydrogen-bond acceptors (Lipinski definition) is 2. The van der Waals surface area contributed by atoms with Crippen molar-refractivity contribution in [2.24, 2.45) is 0 Å². The van der Waals surface area contributed by atoms with Crippen LogP contribution in [0.1, 0.15) is 39.5 Å². The minimum Gasteiger partial charge on any atom is -0.286 e. The molecule has 0 heterocycles. The first-order valence-corrected chi connectivity index (χ1v) is 5.18. The van der Waals surface area contributed by atoms with Crippen molar-refractivity contribution in [2.75, 3.05) is 0 Å². The van der Waals surface area contributed by atoms with E-state index in [-0.39, 0.29) is 11.6 Å². The standard InChI is InChI=1S/C12H16O2/c1-3-5-9-7-10(6-4-2)12(14)11(13)8-9/h7-8H,3-6H2,1-2H3. The van der Waals surface area contributed by atoms with E-state index in [1.807, 2.05) is 13.0 Å². The van der Waals surface area contributed by atoms with Crippen LogP contribution in [0.25, 0.3) is 0 Å². The fourth-order valence-corrected chi connectivity index (χ4v) is 1.61. The molecule has 14 heavy (non-hydrogen) atoms. The van der Waals surface area contributed by atoms with E-state index in [1.54, 1.807) is 0 Å². The first kappa shape index (κ1) is 10.9. The van der Waals surface area contributed by atoms with E-state index in [4.69, 9.17) is 0 Å². The van der Waals surface area contributed by atoms with Crippen LogP contribution in [0, 0.1) is 0 Å². The van der Waals surface area contributed by atoms with Gasteiger partial charge in [0.1, 0.15) is 0 Å². The Morgan fingerprint density at radius 3 is 2.21 bits per heavy atom. The molecule has 0 bridgehead atoms. The van der Waals surface area contributed by atoms with Crippen LogP contribution < -0.4 is 0 Å². The maximum atomic E-state index is 11.4. The average Bonchev–Trinajstić information content (AvgIpc) is 2.14. The first-order valence-electron chi connectivity index (χ1n) is 5.18. The molecule has 0 atom stereocenters. The molecule has 0 N–H and O–H groups in total. The summed E-state index contributed by atoms with van der Waals surface area (Å²) in [6, 6.07) is 0. The fraction of sp³-hybridized carbons (Fsp3) is 0.500. The number of rotatable bonds is 4. The number of Topliss-reactive ketones (excluding diaryl/α,β-unsaturated/α-hetero) is 1. The number of carbonyl (C=O) groups is 2. The molecule has 0 aliphatic heterocycles. The van der Waals surface area contributed by atoms with E-state index in [0.29, 0.717) is 12.0 Å². The molecule has 0 saturated carbocycles. The molecule has 1 aliphatic rings. The molecule has 0 fully saturated rings. The molecule has 0 radical (unpaired) electrons. The van der Waals surface area contributed by atoms with Crippen molar-refractivity contribution in [3.63, 3.8) is 0 Å². The van der Waals surface area contributed by atoms with Gasteiger partial charge in [-0.3, -0.25) is 9.59 Å². The molecule has 2 nitrogen and oxygen atoms in total. The summed E-state index contributed by atoms with van der Waals surface area (Å²) in [5, 5.41) is 0. The summed E-state index contributed by atoms with van der Waals surface area (Å²) in [4.78, 5) is 22.7. The summed E-state index contributed by atoms with van der Waals surface area (Å²) >= 11 is 0. The van der Waals surface area contributed by atoms with Gasteiger partial charge in [-0.05, 0) is 24.5 Å². The lowest BCUT2D eigenvalue weighted by molar-refractivity contribution is -0.131. The molecule has 0 spiro atoms. The molecule has 1 rings (SSSR count). The fourth-order valence-electron chi connectivity index (χ4n) is 1.61. The molecule has 0 aromatic rings. The lowest BCUT2D eigenvalue weighted by atomic mass is 9.92. The normalized spacial score (nSPS) is 16.7. The molecule has 0 saturated heterocycles. The molecule has 2 heteroatoms. The van der Waals surface area contributed by atoms with Crippen molar-refractivity contribution in [1.29, 1.82) is 0 Å². The van der Waals surface area contributed by atoms with Crippen LogP contribution in [0.5, 0.6) is 0 Å². The highest BCUT2D eigenvalue weighted by atomic mass is 16.2. The van der Waals surface area contributed by atoms with Gasteiger partial charge in [0, 0.05) is 5.57 Å². The van der Waals surface area contributed by atoms with Crippen molar-refractivity contribution >= 4 is 11.6 Å². The highest BCUT2D eigenvalue weighted by molar-refractivity contribution is 6.48. The summed E-state index contributed by atoms with van der Waals surface area (Å²) in [5.41, 5.74) is 1.68. The summed E-state index contributed by atoms with van der Waals surface area (Å²) < 4.78 is 0. The van der Waals surface area contributed by atoms with Crippen LogP contribution in [0.3, 0.4) is 0 Å². The SMILES string of the molecule is CCCC1=CC(=O)C(=O)C(CCC)=C1. The summed E-state index contributed by atoms with van der Waals surface area (Å²) in [5.74, 6) is -0.661. The van der Waals surface area contributed by atoms with Crippen molar-refractivity contribution in [1.82, 2.24) is 0 Å². The molecule has 0 aromatic carbocycles. The maximum Gasteiger partial charge on any atom is 0.228 e. The Morgan fingerprint density at radius 1 is 1.00 bits per heavy atom. The van der Waals surface area contributed by atoms with Crippen LogP contribution in [-0.2, 0) is 9.59 Å². The van der Waals surface area contributed by atoms with E-state index >= 15 is 0 Å². The zero-order valence-electron chi connectivity index (χ0n) is 8.80. The minimum atomic E-state index is -0.348. The quantitative estimate of drug-likeness (QED) is 0.507. The van der Waals surface area contributed by atoms with Gasteiger partial charge in [-0.2, -0.15) is 0 Å². The van der Waals surface area contributed by atoms with Gasteiger partial charge in [0.25, 0.3) is 0 Å². The smallest absolute Gasteiger partial charge is 0.228 e. The third-order valence-corrected chi connectivity index (χ3v) is 2.25. The molecule has 1 aliphatic carbocycles. The van der Waals surface area contributed by atoms with E-state index in [9.17, 15) is 9.59 Å². The van der Waals surface area contributed by atoms with E-state index in [1.165, 1.54) is 6.08 Å². The molecular weight excluding hydrogens is 176 g/mol. The Balaban J connectivity index is 2.86. The molecule has 0 unspecified atom stereocenters. The zero-order valence-corrected chi connectivity index (χ0v) is 8.80. The van der Waals surface area contributed by atoms with Gasteiger partial charge in [-0.15, -0.1) is 0 Å². The molecular formula is C12H16O2. The third kappa shape index (κ3) is 2.41. The summed E-state index contributed by atoms with van der Waals surface area (Å²) in [7, 11) is 0. The van der Waals surface area contributed by atoms with Crippen LogP contribution in [0.15, 0.2) is 23.3 Å². The molecule has 0 aromatic heterocycles. The molecule has 0 amide bonds. The van der Waals surface area contributed by atoms with Crippen LogP contribution >= 0.6 is 0 Å². The van der Waals surface area contributed by atoms with Gasteiger partial charge >= 0.3 is 0 Å². The highest BCUT2D eigenvalue weighted by Gasteiger charge is 2.20. The third-order valence-electron chi connectivity index (χ3n) is 2.25. The Labute approximate surface area is 84.7 Å². The van der Waals surface area contributed by atoms with Crippen molar-refractivity contribution in [3.8, 4) is 0 Å². The van der Waals surface area contributed by atoms with Crippen LogP contribution in [0.4, 0.5) is 0 Å². The maximum absolute atomic E-state index is 11.4. The second-order valence-electron chi connectivity index (χ2n) is 3.58. The van der Waals surface area contributed by atoms with Crippen molar-refractivity contribution in [2.45, 2.75) is 39.5 Å². The second kappa shape index (κ2) is 4.89. The van der Waals surface area contributed by atoms with Gasteiger partial charge < -0.3 is 0 Å². The monoisotopic (exact) mass is 192 g/mol. The van der Waals surface area contributed by atoms with E-state index in [2.05, 4.69) is 6.92 Å². The van der Waals surface area contributed by atoms with Gasteiger partial charge in [0.2, 0.25) is 11.6 Å². The predicted molar refractivity (Wildman–Crippen MR) is 56.0 cm³/mol. The second-order valence-corrected chi connectivity index (χ2v) is 3.58. The molecule has 76 valence electrons. The number of ketones is 2. The average molecular weight is 192 g/mol.